The Morgan fingerprint density at radius 3 is 1.12 bits per heavy atom. The van der Waals surface area contributed by atoms with E-state index in [9.17, 15) is 5.11 Å². The van der Waals surface area contributed by atoms with Crippen LogP contribution in [0.25, 0.3) is 22.3 Å². The predicted molar refractivity (Wildman–Crippen MR) is 248 cm³/mol. The maximum Gasteiger partial charge on any atom is 0.121 e. The lowest BCUT2D eigenvalue weighted by Gasteiger charge is -2.16. The van der Waals surface area contributed by atoms with E-state index in [0.717, 1.165) is 19.3 Å². The van der Waals surface area contributed by atoms with Gasteiger partial charge in [0.05, 0.1) is 0 Å². The zero-order valence-electron chi connectivity index (χ0n) is 36.9. The number of phenolic OH excluding ortho intramolecular Hbond substituents is 1. The third kappa shape index (κ3) is 17.5. The van der Waals surface area contributed by atoms with Crippen molar-refractivity contribution < 1.29 is 5.11 Å². The summed E-state index contributed by atoms with van der Waals surface area (Å²) in [4.78, 5) is 0. The van der Waals surface area contributed by atoms with E-state index in [4.69, 9.17) is 0 Å². The van der Waals surface area contributed by atoms with Crippen LogP contribution in [0.4, 0.5) is 0 Å². The highest BCUT2D eigenvalue weighted by Crippen LogP contribution is 2.43. The quantitative estimate of drug-likeness (QED) is 0.0463. The number of fused-ring (bicyclic) bond motifs is 3. The van der Waals surface area contributed by atoms with Crippen LogP contribution in [-0.2, 0) is 19.3 Å². The van der Waals surface area contributed by atoms with Crippen LogP contribution < -0.4 is 0 Å². The van der Waals surface area contributed by atoms with E-state index in [1.807, 2.05) is 0 Å². The van der Waals surface area contributed by atoms with E-state index in [0.29, 0.717) is 5.75 Å². The highest BCUT2D eigenvalue weighted by atomic mass is 16.3. The smallest absolute Gasteiger partial charge is 0.121 e. The first-order chi connectivity index (χ1) is 27.7. The largest absolute Gasteiger partial charge is 0.507 e. The minimum absolute atomic E-state index is 0.589. The summed E-state index contributed by atoms with van der Waals surface area (Å²) in [5.41, 5.74) is 10.7. The van der Waals surface area contributed by atoms with E-state index in [1.165, 1.54) is 250 Å². The third-order valence-electron chi connectivity index (χ3n) is 13.0. The highest BCUT2D eigenvalue weighted by molar-refractivity contribution is 5.85. The standard InChI is InChI=1S/C55H86O/c1-3-5-7-9-11-13-15-17-19-21-23-25-27-29-31-33-39-48-44-50(52-42-37-43-53-51-41-36-35-38-47(51)46-54(52)53)45-49(55(48)56)40-34-32-30-28-26-24-22-20-18-16-14-12-10-8-6-4-2/h35-38,41-45,56H,3-34,39-40,46H2,1-2H3. The molecule has 1 aliphatic carbocycles. The van der Waals surface area contributed by atoms with Gasteiger partial charge in [0.15, 0.2) is 0 Å². The molecule has 0 aromatic heterocycles. The molecular formula is C55H86O. The van der Waals surface area contributed by atoms with Gasteiger partial charge in [-0.1, -0.05) is 249 Å². The number of hydrogen-bond donors (Lipinski definition) is 1. The van der Waals surface area contributed by atoms with E-state index in [2.05, 4.69) is 68.4 Å². The van der Waals surface area contributed by atoms with Crippen molar-refractivity contribution in [2.45, 2.75) is 239 Å². The molecule has 0 unspecified atom stereocenters. The van der Waals surface area contributed by atoms with Crippen molar-refractivity contribution in [1.82, 2.24) is 0 Å². The minimum atomic E-state index is 0.589. The van der Waals surface area contributed by atoms with Gasteiger partial charge in [0, 0.05) is 0 Å². The molecule has 0 fully saturated rings. The Bertz CT molecular complexity index is 1380. The first-order valence-electron chi connectivity index (χ1n) is 24.8. The van der Waals surface area contributed by atoms with E-state index in [1.54, 1.807) is 0 Å². The monoisotopic (exact) mass is 763 g/mol. The van der Waals surface area contributed by atoms with Crippen molar-refractivity contribution in [3.8, 4) is 28.0 Å². The molecule has 0 heterocycles. The molecule has 0 bridgehead atoms. The first kappa shape index (κ1) is 46.2. The number of hydrogen-bond acceptors (Lipinski definition) is 1. The highest BCUT2D eigenvalue weighted by Gasteiger charge is 2.22. The summed E-state index contributed by atoms with van der Waals surface area (Å²) in [7, 11) is 0. The number of rotatable bonds is 35. The minimum Gasteiger partial charge on any atom is -0.507 e. The molecule has 0 radical (unpaired) electrons. The van der Waals surface area contributed by atoms with Crippen LogP contribution in [0.1, 0.15) is 242 Å². The summed E-state index contributed by atoms with van der Waals surface area (Å²) in [6.07, 6.45) is 47.5. The van der Waals surface area contributed by atoms with Crippen molar-refractivity contribution in [2.75, 3.05) is 0 Å². The fraction of sp³-hybridized carbons (Fsp3) is 0.673. The molecule has 0 saturated carbocycles. The van der Waals surface area contributed by atoms with Crippen molar-refractivity contribution in [1.29, 1.82) is 0 Å². The topological polar surface area (TPSA) is 20.2 Å². The summed E-state index contributed by atoms with van der Waals surface area (Å²) in [6, 6.07) is 20.5. The maximum atomic E-state index is 11.6. The lowest BCUT2D eigenvalue weighted by atomic mass is 9.90. The second kappa shape index (κ2) is 29.6. The number of phenols is 1. The second-order valence-electron chi connectivity index (χ2n) is 17.9. The SMILES string of the molecule is CCCCCCCCCCCCCCCCCCc1cc(-c2cccc3c2Cc2ccccc2-3)cc(CCCCCCCCCCCCCCCCCC)c1O. The Morgan fingerprint density at radius 1 is 0.375 bits per heavy atom. The van der Waals surface area contributed by atoms with Gasteiger partial charge in [-0.25, -0.2) is 0 Å². The van der Waals surface area contributed by atoms with E-state index < -0.39 is 0 Å². The van der Waals surface area contributed by atoms with Crippen molar-refractivity contribution >= 4 is 0 Å². The molecule has 1 N–H and O–H groups in total. The third-order valence-corrected chi connectivity index (χ3v) is 13.0. The summed E-state index contributed by atoms with van der Waals surface area (Å²) >= 11 is 0. The maximum absolute atomic E-state index is 11.6. The van der Waals surface area contributed by atoms with Gasteiger partial charge in [-0.2, -0.15) is 0 Å². The van der Waals surface area contributed by atoms with Crippen LogP contribution in [0.2, 0.25) is 0 Å². The van der Waals surface area contributed by atoms with Crippen molar-refractivity contribution in [3.63, 3.8) is 0 Å². The molecule has 0 amide bonds. The lowest BCUT2D eigenvalue weighted by Crippen LogP contribution is -1.97. The summed E-state index contributed by atoms with van der Waals surface area (Å²) in [6.45, 7) is 4.61. The Balaban J connectivity index is 1.18. The van der Waals surface area contributed by atoms with Gasteiger partial charge in [-0.15, -0.1) is 0 Å². The van der Waals surface area contributed by atoms with E-state index in [-0.39, 0.29) is 0 Å². The first-order valence-corrected chi connectivity index (χ1v) is 24.8. The fourth-order valence-electron chi connectivity index (χ4n) is 9.45. The molecule has 3 aromatic rings. The van der Waals surface area contributed by atoms with Crippen LogP contribution >= 0.6 is 0 Å². The molecule has 1 heteroatoms. The van der Waals surface area contributed by atoms with Crippen LogP contribution in [0.5, 0.6) is 5.75 Å². The zero-order valence-corrected chi connectivity index (χ0v) is 36.9. The van der Waals surface area contributed by atoms with Gasteiger partial charge in [0.1, 0.15) is 5.75 Å². The Hall–Kier alpha value is -2.54. The molecule has 312 valence electrons. The Labute approximate surface area is 347 Å². The van der Waals surface area contributed by atoms with E-state index >= 15 is 0 Å². The number of aryl methyl sites for hydroxylation is 2. The van der Waals surface area contributed by atoms with Gasteiger partial charge in [-0.3, -0.25) is 0 Å². The molecule has 0 spiro atoms. The summed E-state index contributed by atoms with van der Waals surface area (Å²) < 4.78 is 0. The van der Waals surface area contributed by atoms with Gasteiger partial charge in [0.25, 0.3) is 0 Å². The second-order valence-corrected chi connectivity index (χ2v) is 17.9. The Morgan fingerprint density at radius 2 is 0.714 bits per heavy atom. The van der Waals surface area contributed by atoms with Crippen molar-refractivity contribution in [2.24, 2.45) is 0 Å². The van der Waals surface area contributed by atoms with Gasteiger partial charge in [0.2, 0.25) is 0 Å². The average molecular weight is 763 g/mol. The molecule has 56 heavy (non-hydrogen) atoms. The molecule has 0 atom stereocenters. The zero-order chi connectivity index (χ0) is 39.3. The van der Waals surface area contributed by atoms with Crippen LogP contribution in [0, 0.1) is 0 Å². The molecule has 1 aliphatic rings. The van der Waals surface area contributed by atoms with Crippen molar-refractivity contribution in [3.05, 3.63) is 76.9 Å². The normalized spacial score (nSPS) is 12.0. The van der Waals surface area contributed by atoms with Gasteiger partial charge < -0.3 is 5.11 Å². The molecular weight excluding hydrogens is 677 g/mol. The molecule has 0 aliphatic heterocycles. The van der Waals surface area contributed by atoms with Crippen LogP contribution in [0.3, 0.4) is 0 Å². The summed E-state index contributed by atoms with van der Waals surface area (Å²) in [5.74, 6) is 0.589. The molecule has 0 saturated heterocycles. The predicted octanol–water partition coefficient (Wildman–Crippen LogP) is 18.2. The fourth-order valence-corrected chi connectivity index (χ4v) is 9.45. The van der Waals surface area contributed by atoms with Crippen LogP contribution in [-0.4, -0.2) is 5.11 Å². The Kier molecular flexibility index (Phi) is 24.4. The van der Waals surface area contributed by atoms with Gasteiger partial charge >= 0.3 is 0 Å². The molecule has 1 nitrogen and oxygen atoms in total. The van der Waals surface area contributed by atoms with Gasteiger partial charge in [-0.05, 0) is 88.7 Å². The number of unbranched alkanes of at least 4 members (excludes halogenated alkanes) is 30. The molecule has 4 rings (SSSR count). The van der Waals surface area contributed by atoms with Crippen LogP contribution in [0.15, 0.2) is 54.6 Å². The summed E-state index contributed by atoms with van der Waals surface area (Å²) in [5, 5.41) is 11.6. The average Bonchev–Trinajstić information content (AvgIpc) is 3.60. The lowest BCUT2D eigenvalue weighted by molar-refractivity contribution is 0.456. The number of benzene rings is 3. The molecule has 3 aromatic carbocycles. The number of aromatic hydroxyl groups is 1.